The molecule has 82 valence electrons. The van der Waals surface area contributed by atoms with Crippen molar-refractivity contribution < 1.29 is 5.11 Å². The van der Waals surface area contributed by atoms with Gasteiger partial charge >= 0.3 is 0 Å². The smallest absolute Gasteiger partial charge is 0.0573 e. The zero-order valence-electron chi connectivity index (χ0n) is 8.83. The summed E-state index contributed by atoms with van der Waals surface area (Å²) >= 11 is 5.85. The monoisotopic (exact) mass is 225 g/mol. The Morgan fingerprint density at radius 2 is 2.07 bits per heavy atom. The van der Waals surface area contributed by atoms with Crippen molar-refractivity contribution in [3.05, 3.63) is 34.9 Å². The zero-order chi connectivity index (χ0) is 10.9. The summed E-state index contributed by atoms with van der Waals surface area (Å²) in [5.41, 5.74) is 1.06. The molecule has 15 heavy (non-hydrogen) atoms. The van der Waals surface area contributed by atoms with E-state index in [1.165, 1.54) is 5.56 Å². The maximum Gasteiger partial charge on any atom is 0.0573 e. The lowest BCUT2D eigenvalue weighted by atomic mass is 9.83. The summed E-state index contributed by atoms with van der Waals surface area (Å²) < 4.78 is 0. The number of nitrogens with one attached hydrogen (secondary N) is 1. The third kappa shape index (κ3) is 2.33. The Balaban J connectivity index is 2.24. The number of hydrogen-bond donors (Lipinski definition) is 2. The van der Waals surface area contributed by atoms with Gasteiger partial charge in [0.25, 0.3) is 0 Å². The van der Waals surface area contributed by atoms with Crippen molar-refractivity contribution in [2.24, 2.45) is 0 Å². The van der Waals surface area contributed by atoms with Gasteiger partial charge < -0.3 is 10.4 Å². The second-order valence-corrected chi connectivity index (χ2v) is 4.85. The van der Waals surface area contributed by atoms with Gasteiger partial charge in [0.05, 0.1) is 6.10 Å². The van der Waals surface area contributed by atoms with Crippen LogP contribution in [0.2, 0.25) is 5.02 Å². The Kier molecular flexibility index (Phi) is 3.01. The predicted molar refractivity (Wildman–Crippen MR) is 62.0 cm³/mol. The first-order valence-corrected chi connectivity index (χ1v) is 5.67. The number of aliphatic hydroxyl groups excluding tert-OH is 1. The number of halogens is 1. The van der Waals surface area contributed by atoms with E-state index in [4.69, 9.17) is 11.6 Å². The molecule has 2 rings (SSSR count). The third-order valence-corrected chi connectivity index (χ3v) is 3.37. The molecular weight excluding hydrogens is 210 g/mol. The highest BCUT2D eigenvalue weighted by Gasteiger charge is 2.32. The highest BCUT2D eigenvalue weighted by molar-refractivity contribution is 6.30. The molecule has 0 bridgehead atoms. The van der Waals surface area contributed by atoms with Crippen LogP contribution in [0.15, 0.2) is 24.3 Å². The van der Waals surface area contributed by atoms with E-state index in [-0.39, 0.29) is 11.6 Å². The summed E-state index contributed by atoms with van der Waals surface area (Å²) in [6.07, 6.45) is 1.39. The van der Waals surface area contributed by atoms with Crippen molar-refractivity contribution in [2.75, 3.05) is 6.54 Å². The van der Waals surface area contributed by atoms with E-state index in [1.807, 2.05) is 24.3 Å². The van der Waals surface area contributed by atoms with Crippen LogP contribution in [0.25, 0.3) is 0 Å². The van der Waals surface area contributed by atoms with Crippen molar-refractivity contribution in [1.29, 1.82) is 0 Å². The van der Waals surface area contributed by atoms with Crippen molar-refractivity contribution in [3.8, 4) is 0 Å². The largest absolute Gasteiger partial charge is 0.393 e. The Hall–Kier alpha value is -0.570. The van der Waals surface area contributed by atoms with Gasteiger partial charge in [-0.1, -0.05) is 23.7 Å². The molecule has 1 aliphatic heterocycles. The molecule has 1 fully saturated rings. The van der Waals surface area contributed by atoms with Crippen LogP contribution in [0.1, 0.15) is 25.3 Å². The number of rotatable bonds is 1. The molecule has 2 nitrogen and oxygen atoms in total. The molecule has 3 heteroatoms. The number of benzene rings is 1. The number of hydrogen-bond acceptors (Lipinski definition) is 2. The van der Waals surface area contributed by atoms with Gasteiger partial charge in [-0.3, -0.25) is 0 Å². The quantitative estimate of drug-likeness (QED) is 0.769. The predicted octanol–water partition coefficient (Wildman–Crippen LogP) is 2.30. The minimum absolute atomic E-state index is 0.123. The molecule has 0 radical (unpaired) electrons. The fraction of sp³-hybridized carbons (Fsp3) is 0.500. The summed E-state index contributed by atoms with van der Waals surface area (Å²) in [6.45, 7) is 2.99. The van der Waals surface area contributed by atoms with Crippen LogP contribution < -0.4 is 5.32 Å². The van der Waals surface area contributed by atoms with Crippen LogP contribution in [0.3, 0.4) is 0 Å². The molecule has 2 N–H and O–H groups in total. The molecule has 0 aromatic heterocycles. The minimum Gasteiger partial charge on any atom is -0.393 e. The zero-order valence-corrected chi connectivity index (χ0v) is 9.59. The van der Waals surface area contributed by atoms with E-state index >= 15 is 0 Å². The summed E-state index contributed by atoms with van der Waals surface area (Å²) in [4.78, 5) is 0. The summed E-state index contributed by atoms with van der Waals surface area (Å²) in [6, 6.07) is 7.83. The Morgan fingerprint density at radius 3 is 2.67 bits per heavy atom. The topological polar surface area (TPSA) is 32.3 Å². The highest BCUT2D eigenvalue weighted by atomic mass is 35.5. The standard InChI is InChI=1S/C12H16ClNO/c1-12(8-11(15)6-7-14-12)9-2-4-10(13)5-3-9/h2-5,11,14-15H,6-8H2,1H3. The van der Waals surface area contributed by atoms with E-state index in [2.05, 4.69) is 12.2 Å². The second-order valence-electron chi connectivity index (χ2n) is 4.41. The molecule has 1 aliphatic rings. The molecule has 0 spiro atoms. The first kappa shape index (κ1) is 10.9. The van der Waals surface area contributed by atoms with Gasteiger partial charge in [0.15, 0.2) is 0 Å². The van der Waals surface area contributed by atoms with E-state index < -0.39 is 0 Å². The van der Waals surface area contributed by atoms with Crippen LogP contribution in [0, 0.1) is 0 Å². The third-order valence-electron chi connectivity index (χ3n) is 3.12. The first-order chi connectivity index (χ1) is 7.10. The summed E-state index contributed by atoms with van der Waals surface area (Å²) in [5, 5.41) is 13.9. The molecule has 0 amide bonds. The Labute approximate surface area is 95.3 Å². The molecule has 1 heterocycles. The molecule has 1 aromatic rings. The lowest BCUT2D eigenvalue weighted by Gasteiger charge is -2.38. The van der Waals surface area contributed by atoms with Gasteiger partial charge in [-0.05, 0) is 44.0 Å². The van der Waals surface area contributed by atoms with Crippen molar-refractivity contribution in [2.45, 2.75) is 31.4 Å². The van der Waals surface area contributed by atoms with Crippen molar-refractivity contribution >= 4 is 11.6 Å². The van der Waals surface area contributed by atoms with Crippen molar-refractivity contribution in [3.63, 3.8) is 0 Å². The molecule has 0 saturated carbocycles. The molecule has 2 unspecified atom stereocenters. The lowest BCUT2D eigenvalue weighted by Crippen LogP contribution is -2.47. The number of aliphatic hydroxyl groups is 1. The maximum atomic E-state index is 9.69. The van der Waals surface area contributed by atoms with E-state index in [0.29, 0.717) is 0 Å². The molecule has 1 saturated heterocycles. The van der Waals surface area contributed by atoms with E-state index in [9.17, 15) is 5.11 Å². The van der Waals surface area contributed by atoms with Crippen LogP contribution >= 0.6 is 11.6 Å². The second kappa shape index (κ2) is 4.12. The molecular formula is C12H16ClNO. The SMILES string of the molecule is CC1(c2ccc(Cl)cc2)CC(O)CCN1. The molecule has 1 aromatic carbocycles. The van der Waals surface area contributed by atoms with Crippen LogP contribution in [-0.4, -0.2) is 17.8 Å². The minimum atomic E-state index is -0.202. The van der Waals surface area contributed by atoms with E-state index in [1.54, 1.807) is 0 Å². The highest BCUT2D eigenvalue weighted by Crippen LogP contribution is 2.30. The van der Waals surface area contributed by atoms with Gasteiger partial charge in [0.1, 0.15) is 0 Å². The maximum absolute atomic E-state index is 9.69. The van der Waals surface area contributed by atoms with Gasteiger partial charge in [-0.15, -0.1) is 0 Å². The normalized spacial score (nSPS) is 31.5. The van der Waals surface area contributed by atoms with E-state index in [0.717, 1.165) is 24.4 Å². The van der Waals surface area contributed by atoms with Crippen molar-refractivity contribution in [1.82, 2.24) is 5.32 Å². The lowest BCUT2D eigenvalue weighted by molar-refractivity contribution is 0.0835. The fourth-order valence-corrected chi connectivity index (χ4v) is 2.32. The van der Waals surface area contributed by atoms with Crippen LogP contribution in [-0.2, 0) is 5.54 Å². The summed E-state index contributed by atoms with van der Waals surface area (Å²) in [5.74, 6) is 0. The molecule has 2 atom stereocenters. The van der Waals surface area contributed by atoms with Gasteiger partial charge in [-0.2, -0.15) is 0 Å². The average molecular weight is 226 g/mol. The van der Waals surface area contributed by atoms with Crippen LogP contribution in [0.5, 0.6) is 0 Å². The first-order valence-electron chi connectivity index (χ1n) is 5.29. The summed E-state index contributed by atoms with van der Waals surface area (Å²) in [7, 11) is 0. The Morgan fingerprint density at radius 1 is 1.40 bits per heavy atom. The molecule has 0 aliphatic carbocycles. The Bertz CT molecular complexity index is 338. The number of piperidine rings is 1. The van der Waals surface area contributed by atoms with Crippen LogP contribution in [0.4, 0.5) is 0 Å². The average Bonchev–Trinajstić information content (AvgIpc) is 2.18. The fourth-order valence-electron chi connectivity index (χ4n) is 2.20. The van der Waals surface area contributed by atoms with Gasteiger partial charge in [-0.25, -0.2) is 0 Å². The van der Waals surface area contributed by atoms with Gasteiger partial charge in [0, 0.05) is 10.6 Å². The van der Waals surface area contributed by atoms with Gasteiger partial charge in [0.2, 0.25) is 0 Å².